The third-order valence-electron chi connectivity index (χ3n) is 1.98. The Balaban J connectivity index is 2.80. The fourth-order valence-corrected chi connectivity index (χ4v) is 1.41. The predicted molar refractivity (Wildman–Crippen MR) is 58.9 cm³/mol. The third-order valence-corrected chi connectivity index (χ3v) is 1.98. The van der Waals surface area contributed by atoms with Crippen molar-refractivity contribution in [1.29, 1.82) is 0 Å². The molecular formula is C11H16N2O2. The number of H-pyrrole nitrogens is 1. The van der Waals surface area contributed by atoms with Gasteiger partial charge in [0.2, 0.25) is 5.56 Å². The predicted octanol–water partition coefficient (Wildman–Crippen LogP) is 1.10. The molecule has 1 heterocycles. The van der Waals surface area contributed by atoms with Gasteiger partial charge in [0.15, 0.2) is 0 Å². The van der Waals surface area contributed by atoms with Crippen LogP contribution < -0.4 is 5.56 Å². The molecule has 0 aliphatic rings. The van der Waals surface area contributed by atoms with E-state index in [2.05, 4.69) is 4.98 Å². The first-order valence-corrected chi connectivity index (χ1v) is 4.95. The van der Waals surface area contributed by atoms with Gasteiger partial charge in [-0.15, -0.1) is 0 Å². The molecular weight excluding hydrogens is 192 g/mol. The minimum atomic E-state index is -0.251. The van der Waals surface area contributed by atoms with E-state index >= 15 is 0 Å². The molecule has 1 amide bonds. The summed E-state index contributed by atoms with van der Waals surface area (Å²) in [6.45, 7) is 4.75. The average Bonchev–Trinajstić information content (AvgIpc) is 2.15. The van der Waals surface area contributed by atoms with Gasteiger partial charge in [-0.2, -0.15) is 0 Å². The number of rotatable bonds is 3. The van der Waals surface area contributed by atoms with E-state index in [-0.39, 0.29) is 11.5 Å². The number of amides is 1. The first kappa shape index (κ1) is 11.5. The van der Waals surface area contributed by atoms with Crippen LogP contribution in [-0.2, 0) is 0 Å². The van der Waals surface area contributed by atoms with Gasteiger partial charge >= 0.3 is 0 Å². The molecule has 0 saturated heterocycles. The largest absolute Gasteiger partial charge is 0.340 e. The Morgan fingerprint density at radius 2 is 2.13 bits per heavy atom. The van der Waals surface area contributed by atoms with Crippen molar-refractivity contribution in [3.05, 3.63) is 34.2 Å². The molecule has 0 aromatic carbocycles. The van der Waals surface area contributed by atoms with E-state index in [1.807, 2.05) is 13.8 Å². The number of nitrogens with one attached hydrogen (secondary N) is 1. The Bertz CT molecular complexity index is 396. The van der Waals surface area contributed by atoms with Gasteiger partial charge in [-0.05, 0) is 12.0 Å². The van der Waals surface area contributed by atoms with Gasteiger partial charge in [-0.25, -0.2) is 0 Å². The second kappa shape index (κ2) is 4.77. The van der Waals surface area contributed by atoms with Gasteiger partial charge < -0.3 is 9.88 Å². The van der Waals surface area contributed by atoms with E-state index in [9.17, 15) is 9.59 Å². The minimum Gasteiger partial charge on any atom is -0.340 e. The lowest BCUT2D eigenvalue weighted by Crippen LogP contribution is -2.31. The van der Waals surface area contributed by atoms with E-state index in [1.165, 1.54) is 6.07 Å². The molecule has 1 aromatic rings. The van der Waals surface area contributed by atoms with Crippen LogP contribution in [0.25, 0.3) is 0 Å². The van der Waals surface area contributed by atoms with Crippen LogP contribution in [0.3, 0.4) is 0 Å². The van der Waals surface area contributed by atoms with Gasteiger partial charge in [0.05, 0.1) is 0 Å². The van der Waals surface area contributed by atoms with Crippen molar-refractivity contribution in [3.8, 4) is 0 Å². The molecule has 0 aliphatic heterocycles. The van der Waals surface area contributed by atoms with Gasteiger partial charge in [-0.1, -0.05) is 19.9 Å². The van der Waals surface area contributed by atoms with E-state index in [4.69, 9.17) is 0 Å². The molecule has 15 heavy (non-hydrogen) atoms. The molecule has 0 atom stereocenters. The van der Waals surface area contributed by atoms with Crippen molar-refractivity contribution >= 4 is 5.91 Å². The Hall–Kier alpha value is -1.58. The van der Waals surface area contributed by atoms with Crippen LogP contribution in [0.1, 0.15) is 24.3 Å². The zero-order valence-electron chi connectivity index (χ0n) is 9.28. The maximum atomic E-state index is 11.8. The van der Waals surface area contributed by atoms with E-state index in [0.29, 0.717) is 18.2 Å². The molecule has 0 fully saturated rings. The summed E-state index contributed by atoms with van der Waals surface area (Å²) in [6, 6.07) is 4.58. The smallest absolute Gasteiger partial charge is 0.270 e. The van der Waals surface area contributed by atoms with Crippen LogP contribution in [0.4, 0.5) is 0 Å². The summed E-state index contributed by atoms with van der Waals surface area (Å²) in [5.41, 5.74) is 0.0875. The highest BCUT2D eigenvalue weighted by atomic mass is 16.2. The number of carbonyl (C=O) groups excluding carboxylic acids is 1. The highest BCUT2D eigenvalue weighted by Crippen LogP contribution is 2.01. The molecule has 0 unspecified atom stereocenters. The first-order chi connectivity index (χ1) is 7.00. The standard InChI is InChI=1S/C11H16N2O2/c1-8(2)7-13(3)11(15)9-5-4-6-10(14)12-9/h4-6,8H,7H2,1-3H3,(H,12,14). The monoisotopic (exact) mass is 208 g/mol. The van der Waals surface area contributed by atoms with E-state index in [0.717, 1.165) is 0 Å². The highest BCUT2D eigenvalue weighted by molar-refractivity contribution is 5.91. The van der Waals surface area contributed by atoms with Gasteiger partial charge in [0, 0.05) is 19.7 Å². The third kappa shape index (κ3) is 3.23. The molecule has 0 spiro atoms. The van der Waals surface area contributed by atoms with E-state index < -0.39 is 0 Å². The summed E-state index contributed by atoms with van der Waals surface area (Å²) in [5.74, 6) is 0.260. The summed E-state index contributed by atoms with van der Waals surface area (Å²) in [7, 11) is 1.73. The van der Waals surface area contributed by atoms with Crippen LogP contribution in [0.2, 0.25) is 0 Å². The molecule has 82 valence electrons. The first-order valence-electron chi connectivity index (χ1n) is 4.95. The second-order valence-corrected chi connectivity index (χ2v) is 4.01. The van der Waals surface area contributed by atoms with Gasteiger partial charge in [0.25, 0.3) is 5.91 Å². The van der Waals surface area contributed by atoms with Gasteiger partial charge in [-0.3, -0.25) is 9.59 Å². The quantitative estimate of drug-likeness (QED) is 0.808. The zero-order chi connectivity index (χ0) is 11.4. The number of pyridine rings is 1. The molecule has 1 aromatic heterocycles. The number of nitrogens with zero attached hydrogens (tertiary/aromatic N) is 1. The van der Waals surface area contributed by atoms with Crippen LogP contribution in [0.5, 0.6) is 0 Å². The molecule has 1 rings (SSSR count). The highest BCUT2D eigenvalue weighted by Gasteiger charge is 2.12. The Morgan fingerprint density at radius 3 is 2.67 bits per heavy atom. The average molecular weight is 208 g/mol. The zero-order valence-corrected chi connectivity index (χ0v) is 9.28. The van der Waals surface area contributed by atoms with Crippen molar-refractivity contribution in [2.45, 2.75) is 13.8 Å². The number of aromatic nitrogens is 1. The van der Waals surface area contributed by atoms with Gasteiger partial charge in [0.1, 0.15) is 5.69 Å². The van der Waals surface area contributed by atoms with Crippen LogP contribution >= 0.6 is 0 Å². The normalized spacial score (nSPS) is 10.4. The van der Waals surface area contributed by atoms with Crippen molar-refractivity contribution in [3.63, 3.8) is 0 Å². The fraction of sp³-hybridized carbons (Fsp3) is 0.455. The molecule has 0 bridgehead atoms. The Labute approximate surface area is 88.9 Å². The lowest BCUT2D eigenvalue weighted by molar-refractivity contribution is 0.0773. The summed E-state index contributed by atoms with van der Waals surface area (Å²) in [5, 5.41) is 0. The molecule has 1 N–H and O–H groups in total. The van der Waals surface area contributed by atoms with Crippen molar-refractivity contribution in [2.75, 3.05) is 13.6 Å². The lowest BCUT2D eigenvalue weighted by atomic mass is 10.2. The second-order valence-electron chi connectivity index (χ2n) is 4.01. The fourth-order valence-electron chi connectivity index (χ4n) is 1.41. The van der Waals surface area contributed by atoms with E-state index in [1.54, 1.807) is 24.1 Å². The SMILES string of the molecule is CC(C)CN(C)C(=O)c1cccc(=O)[nH]1. The Morgan fingerprint density at radius 1 is 1.47 bits per heavy atom. The van der Waals surface area contributed by atoms with Crippen LogP contribution in [0.15, 0.2) is 23.0 Å². The van der Waals surface area contributed by atoms with Crippen molar-refractivity contribution < 1.29 is 4.79 Å². The Kier molecular flexibility index (Phi) is 3.66. The maximum absolute atomic E-state index is 11.8. The number of aromatic amines is 1. The number of carbonyl (C=O) groups is 1. The summed E-state index contributed by atoms with van der Waals surface area (Å²) >= 11 is 0. The minimum absolute atomic E-state index is 0.151. The van der Waals surface area contributed by atoms with Crippen LogP contribution in [-0.4, -0.2) is 29.4 Å². The molecule has 0 saturated carbocycles. The topological polar surface area (TPSA) is 53.2 Å². The molecule has 4 heteroatoms. The van der Waals surface area contributed by atoms with Crippen LogP contribution in [0, 0.1) is 5.92 Å². The molecule has 4 nitrogen and oxygen atoms in total. The summed E-state index contributed by atoms with van der Waals surface area (Å²) in [4.78, 5) is 26.9. The maximum Gasteiger partial charge on any atom is 0.270 e. The number of hydrogen-bond acceptors (Lipinski definition) is 2. The molecule has 0 radical (unpaired) electrons. The summed E-state index contributed by atoms with van der Waals surface area (Å²) in [6.07, 6.45) is 0. The van der Waals surface area contributed by atoms with Crippen molar-refractivity contribution in [2.24, 2.45) is 5.92 Å². The lowest BCUT2D eigenvalue weighted by Gasteiger charge is -2.18. The summed E-state index contributed by atoms with van der Waals surface area (Å²) < 4.78 is 0. The molecule has 0 aliphatic carbocycles. The number of hydrogen-bond donors (Lipinski definition) is 1. The van der Waals surface area contributed by atoms with Crippen molar-refractivity contribution in [1.82, 2.24) is 9.88 Å².